The molecule has 0 atom stereocenters. The van der Waals surface area contributed by atoms with Crippen molar-refractivity contribution in [3.8, 4) is 11.8 Å². The molecule has 0 radical (unpaired) electrons. The van der Waals surface area contributed by atoms with Crippen LogP contribution in [0.2, 0.25) is 0 Å². The predicted octanol–water partition coefficient (Wildman–Crippen LogP) is 3.02. The molecule has 1 aromatic heterocycles. The first-order valence-corrected chi connectivity index (χ1v) is 7.78. The maximum Gasteiger partial charge on any atom is 0.387 e. The number of hydrogen-bond donors (Lipinski definition) is 1. The van der Waals surface area contributed by atoms with E-state index in [-0.39, 0.29) is 20.5 Å². The lowest BCUT2D eigenvalue weighted by atomic mass is 10.3. The van der Waals surface area contributed by atoms with Crippen molar-refractivity contribution in [1.82, 2.24) is 0 Å². The van der Waals surface area contributed by atoms with Gasteiger partial charge in [-0.25, -0.2) is 8.42 Å². The number of ether oxygens (including phenoxy) is 1. The second kappa shape index (κ2) is 6.07. The van der Waals surface area contributed by atoms with Crippen LogP contribution >= 0.6 is 11.3 Å². The molecule has 0 fully saturated rings. The van der Waals surface area contributed by atoms with Crippen LogP contribution in [0.15, 0.2) is 40.6 Å². The highest BCUT2D eigenvalue weighted by molar-refractivity contribution is 7.94. The summed E-state index contributed by atoms with van der Waals surface area (Å²) >= 11 is 0.835. The summed E-state index contributed by atoms with van der Waals surface area (Å²) in [5, 5.41) is 8.68. The van der Waals surface area contributed by atoms with Gasteiger partial charge in [0.1, 0.15) is 20.9 Å². The van der Waals surface area contributed by atoms with Crippen LogP contribution in [0.5, 0.6) is 5.75 Å². The molecule has 0 bridgehead atoms. The summed E-state index contributed by atoms with van der Waals surface area (Å²) in [6.07, 6.45) is 0. The number of hydrogen-bond acceptors (Lipinski definition) is 5. The molecule has 2 aromatic rings. The van der Waals surface area contributed by atoms with Gasteiger partial charge in [0, 0.05) is 5.69 Å². The zero-order valence-corrected chi connectivity index (χ0v) is 11.9. The molecular weight excluding hydrogens is 322 g/mol. The first kappa shape index (κ1) is 15.2. The van der Waals surface area contributed by atoms with E-state index in [2.05, 4.69) is 9.46 Å². The number of sulfonamides is 1. The maximum atomic E-state index is 12.0. The summed E-state index contributed by atoms with van der Waals surface area (Å²) in [7, 11) is -3.81. The molecule has 1 aromatic carbocycles. The molecule has 9 heteroatoms. The molecule has 0 spiro atoms. The van der Waals surface area contributed by atoms with Crippen molar-refractivity contribution in [2.24, 2.45) is 0 Å². The van der Waals surface area contributed by atoms with Gasteiger partial charge in [-0.1, -0.05) is 0 Å². The predicted molar refractivity (Wildman–Crippen MR) is 72.9 cm³/mol. The highest BCUT2D eigenvalue weighted by Crippen LogP contribution is 2.24. The summed E-state index contributed by atoms with van der Waals surface area (Å²) in [6.45, 7) is -2.94. The van der Waals surface area contributed by atoms with E-state index in [1.165, 1.54) is 36.4 Å². The lowest BCUT2D eigenvalue weighted by molar-refractivity contribution is -0.0498. The molecule has 0 saturated carbocycles. The number of rotatable bonds is 5. The average Bonchev–Trinajstić information content (AvgIpc) is 2.90. The van der Waals surface area contributed by atoms with Crippen LogP contribution in [0.25, 0.3) is 0 Å². The zero-order chi connectivity index (χ0) is 15.5. The third-order valence-corrected chi connectivity index (χ3v) is 5.15. The van der Waals surface area contributed by atoms with Crippen molar-refractivity contribution in [1.29, 1.82) is 5.26 Å². The summed E-state index contributed by atoms with van der Waals surface area (Å²) in [5.74, 6) is -0.0733. The number of thiophene rings is 1. The fraction of sp³-hybridized carbons (Fsp3) is 0.0833. The largest absolute Gasteiger partial charge is 0.435 e. The summed E-state index contributed by atoms with van der Waals surface area (Å²) in [4.78, 5) is 0.274. The van der Waals surface area contributed by atoms with Gasteiger partial charge in [0.05, 0.1) is 0 Å². The van der Waals surface area contributed by atoms with Crippen molar-refractivity contribution in [2.75, 3.05) is 4.72 Å². The summed E-state index contributed by atoms with van der Waals surface area (Å²) in [6, 6.07) is 9.61. The Morgan fingerprint density at radius 1 is 1.19 bits per heavy atom. The molecule has 0 aliphatic heterocycles. The third-order valence-electron chi connectivity index (χ3n) is 2.29. The van der Waals surface area contributed by atoms with Gasteiger partial charge in [-0.2, -0.15) is 14.0 Å². The minimum Gasteiger partial charge on any atom is -0.435 e. The van der Waals surface area contributed by atoms with Crippen LogP contribution in [-0.4, -0.2) is 15.0 Å². The quantitative estimate of drug-likeness (QED) is 0.914. The Morgan fingerprint density at radius 2 is 1.86 bits per heavy atom. The van der Waals surface area contributed by atoms with Gasteiger partial charge in [0.25, 0.3) is 10.0 Å². The van der Waals surface area contributed by atoms with Gasteiger partial charge in [-0.05, 0) is 36.4 Å². The van der Waals surface area contributed by atoms with E-state index < -0.39 is 16.6 Å². The number of anilines is 1. The second-order valence-corrected chi connectivity index (χ2v) is 6.73. The first-order valence-electron chi connectivity index (χ1n) is 5.48. The molecule has 0 saturated heterocycles. The van der Waals surface area contributed by atoms with Gasteiger partial charge in [-0.3, -0.25) is 4.72 Å². The number of alkyl halides is 2. The maximum absolute atomic E-state index is 12.0. The fourth-order valence-corrected chi connectivity index (χ4v) is 3.60. The zero-order valence-electron chi connectivity index (χ0n) is 10.3. The SMILES string of the molecule is N#Cc1ccc(S(=O)(=O)Nc2ccc(OC(F)F)cc2)s1. The second-order valence-electron chi connectivity index (χ2n) is 3.74. The Bertz CT molecular complexity index is 765. The molecule has 0 unspecified atom stereocenters. The van der Waals surface area contributed by atoms with Crippen molar-refractivity contribution in [2.45, 2.75) is 10.8 Å². The molecule has 2 rings (SSSR count). The Morgan fingerprint density at radius 3 is 2.38 bits per heavy atom. The number of benzene rings is 1. The molecule has 110 valence electrons. The topological polar surface area (TPSA) is 79.2 Å². The van der Waals surface area contributed by atoms with Crippen molar-refractivity contribution < 1.29 is 21.9 Å². The summed E-state index contributed by atoms with van der Waals surface area (Å²) < 4.78 is 54.5. The highest BCUT2D eigenvalue weighted by Gasteiger charge is 2.17. The standard InChI is InChI=1S/C12H8F2N2O3S2/c13-12(14)19-9-3-1-8(2-4-9)16-21(17,18)11-6-5-10(7-15)20-11/h1-6,12,16H. The molecule has 0 aliphatic carbocycles. The number of nitrogens with one attached hydrogen (secondary N) is 1. The molecule has 5 nitrogen and oxygen atoms in total. The Kier molecular flexibility index (Phi) is 4.40. The van der Waals surface area contributed by atoms with Gasteiger partial charge in [0.2, 0.25) is 0 Å². The molecule has 21 heavy (non-hydrogen) atoms. The normalized spacial score (nSPS) is 11.1. The number of nitriles is 1. The monoisotopic (exact) mass is 330 g/mol. The fourth-order valence-electron chi connectivity index (χ4n) is 1.43. The minimum absolute atomic E-state index is 0.00745. The van der Waals surface area contributed by atoms with E-state index in [9.17, 15) is 17.2 Å². The van der Waals surface area contributed by atoms with Crippen molar-refractivity contribution >= 4 is 27.0 Å². The molecule has 1 heterocycles. The van der Waals surface area contributed by atoms with Gasteiger partial charge < -0.3 is 4.74 Å². The van der Waals surface area contributed by atoms with Crippen LogP contribution in [0.4, 0.5) is 14.5 Å². The Labute approximate surface area is 123 Å². The average molecular weight is 330 g/mol. The van der Waals surface area contributed by atoms with Crippen LogP contribution in [0.1, 0.15) is 4.88 Å². The first-order chi connectivity index (χ1) is 9.90. The van der Waals surface area contributed by atoms with Crippen molar-refractivity contribution in [3.05, 3.63) is 41.3 Å². The van der Waals surface area contributed by atoms with E-state index in [0.717, 1.165) is 11.3 Å². The molecule has 0 aliphatic rings. The lowest BCUT2D eigenvalue weighted by Crippen LogP contribution is -2.11. The lowest BCUT2D eigenvalue weighted by Gasteiger charge is -2.08. The van der Waals surface area contributed by atoms with Crippen LogP contribution in [-0.2, 0) is 10.0 Å². The van der Waals surface area contributed by atoms with E-state index >= 15 is 0 Å². The van der Waals surface area contributed by atoms with Gasteiger partial charge in [0.15, 0.2) is 0 Å². The van der Waals surface area contributed by atoms with E-state index in [4.69, 9.17) is 5.26 Å². The molecule has 1 N–H and O–H groups in total. The van der Waals surface area contributed by atoms with E-state index in [1.807, 2.05) is 6.07 Å². The third kappa shape index (κ3) is 3.90. The van der Waals surface area contributed by atoms with Gasteiger partial charge in [-0.15, -0.1) is 11.3 Å². The van der Waals surface area contributed by atoms with Gasteiger partial charge >= 0.3 is 6.61 Å². The Balaban J connectivity index is 2.15. The number of halogens is 2. The van der Waals surface area contributed by atoms with Crippen LogP contribution in [0.3, 0.4) is 0 Å². The Hall–Kier alpha value is -2.18. The number of nitrogens with zero attached hydrogens (tertiary/aromatic N) is 1. The van der Waals surface area contributed by atoms with Crippen LogP contribution in [0, 0.1) is 11.3 Å². The van der Waals surface area contributed by atoms with Crippen molar-refractivity contribution in [3.63, 3.8) is 0 Å². The highest BCUT2D eigenvalue weighted by atomic mass is 32.2. The summed E-state index contributed by atoms with van der Waals surface area (Å²) in [5.41, 5.74) is 0.198. The molecule has 0 amide bonds. The molecular formula is C12H8F2N2O3S2. The van der Waals surface area contributed by atoms with Crippen LogP contribution < -0.4 is 9.46 Å². The smallest absolute Gasteiger partial charge is 0.387 e. The van der Waals surface area contributed by atoms with E-state index in [1.54, 1.807) is 0 Å². The minimum atomic E-state index is -3.81. The van der Waals surface area contributed by atoms with E-state index in [0.29, 0.717) is 0 Å².